The number of rotatable bonds is 6. The van der Waals surface area contributed by atoms with Crippen molar-refractivity contribution in [2.75, 3.05) is 6.61 Å². The van der Waals surface area contributed by atoms with Gasteiger partial charge in [-0.2, -0.15) is 0 Å². The minimum Gasteiger partial charge on any atom is -0.507 e. The molecule has 0 aromatic heterocycles. The Bertz CT molecular complexity index is 824. The van der Waals surface area contributed by atoms with E-state index in [1.165, 1.54) is 6.92 Å². The molecule has 1 aromatic rings. The highest BCUT2D eigenvalue weighted by atomic mass is 16.8. The van der Waals surface area contributed by atoms with Crippen LogP contribution in [0.4, 0.5) is 0 Å². The van der Waals surface area contributed by atoms with Gasteiger partial charge in [0.2, 0.25) is 6.29 Å². The lowest BCUT2D eigenvalue weighted by atomic mass is 9.97. The molecular formula is C20H28O13. The van der Waals surface area contributed by atoms with Crippen LogP contribution in [0.15, 0.2) is 12.1 Å². The summed E-state index contributed by atoms with van der Waals surface area (Å²) in [6.45, 7) is 1.83. The normalized spacial score (nSPS) is 39.3. The summed E-state index contributed by atoms with van der Waals surface area (Å²) in [5, 5.41) is 80.4. The van der Waals surface area contributed by atoms with Crippen molar-refractivity contribution in [2.24, 2.45) is 0 Å². The van der Waals surface area contributed by atoms with Crippen LogP contribution in [0.1, 0.15) is 24.2 Å². The van der Waals surface area contributed by atoms with Crippen LogP contribution < -0.4 is 4.74 Å². The molecule has 0 amide bonds. The smallest absolute Gasteiger partial charge is 0.229 e. The van der Waals surface area contributed by atoms with Crippen LogP contribution in [-0.4, -0.2) is 115 Å². The third-order valence-corrected chi connectivity index (χ3v) is 5.60. The van der Waals surface area contributed by atoms with Gasteiger partial charge in [-0.3, -0.25) is 4.79 Å². The molecule has 2 heterocycles. The molecule has 13 heteroatoms. The fourth-order valence-electron chi connectivity index (χ4n) is 3.73. The highest BCUT2D eigenvalue weighted by Crippen LogP contribution is 2.35. The Morgan fingerprint density at radius 1 is 0.909 bits per heavy atom. The van der Waals surface area contributed by atoms with Crippen molar-refractivity contribution in [3.63, 3.8) is 0 Å². The molecule has 0 unspecified atom stereocenters. The average molecular weight is 476 g/mol. The predicted molar refractivity (Wildman–Crippen MR) is 105 cm³/mol. The molecule has 2 aliphatic heterocycles. The second kappa shape index (κ2) is 10.0. The van der Waals surface area contributed by atoms with Crippen molar-refractivity contribution in [1.29, 1.82) is 0 Å². The summed E-state index contributed by atoms with van der Waals surface area (Å²) in [6.07, 6.45) is -15.2. The van der Waals surface area contributed by atoms with Gasteiger partial charge in [0, 0.05) is 12.1 Å². The Balaban J connectivity index is 1.88. The Morgan fingerprint density at radius 2 is 1.52 bits per heavy atom. The maximum absolute atomic E-state index is 11.6. The molecule has 2 aliphatic rings. The number of benzene rings is 1. The van der Waals surface area contributed by atoms with E-state index in [0.29, 0.717) is 0 Å². The average Bonchev–Trinajstić information content (AvgIpc) is 2.74. The largest absolute Gasteiger partial charge is 0.507 e. The molecule has 186 valence electrons. The number of phenolic OH excluding ortho intramolecular Hbond substituents is 2. The maximum Gasteiger partial charge on any atom is 0.229 e. The van der Waals surface area contributed by atoms with E-state index in [1.54, 1.807) is 0 Å². The summed E-state index contributed by atoms with van der Waals surface area (Å²) in [5.74, 6) is -2.02. The van der Waals surface area contributed by atoms with Gasteiger partial charge in [0.05, 0.1) is 12.7 Å². The fraction of sp³-hybridized carbons (Fsp3) is 0.650. The first kappa shape index (κ1) is 25.6. The second-order valence-electron chi connectivity index (χ2n) is 8.00. The number of ketones is 1. The number of carbonyl (C=O) groups is 1. The summed E-state index contributed by atoms with van der Waals surface area (Å²) >= 11 is 0. The molecule has 0 aliphatic carbocycles. The van der Waals surface area contributed by atoms with Gasteiger partial charge in [0.15, 0.2) is 18.2 Å². The summed E-state index contributed by atoms with van der Waals surface area (Å²) in [5.41, 5.74) is -0.344. The number of hydrogen-bond donors (Lipinski definition) is 8. The van der Waals surface area contributed by atoms with Gasteiger partial charge >= 0.3 is 0 Å². The van der Waals surface area contributed by atoms with Crippen molar-refractivity contribution in [3.8, 4) is 17.2 Å². The second-order valence-corrected chi connectivity index (χ2v) is 8.00. The van der Waals surface area contributed by atoms with E-state index in [2.05, 4.69) is 0 Å². The molecule has 0 radical (unpaired) electrons. The molecule has 2 saturated heterocycles. The predicted octanol–water partition coefficient (Wildman–Crippen LogP) is -2.67. The van der Waals surface area contributed by atoms with E-state index in [-0.39, 0.29) is 11.3 Å². The number of carbonyl (C=O) groups excluding carboxylic acids is 1. The molecule has 10 atom stereocenters. The standard InChI is InChI=1S/C20H28O13/c1-6(22)12-9(23)3-8(4-10(12)24)31-20-18(16(28)14(26)11(5-21)32-20)33-19-17(29)15(27)13(25)7(2)30-19/h3-4,7,11,13-21,23-29H,5H2,1-2H3/t7-,11+,13+,14+,15-,16-,17+,18+,19+,20+/m1/s1. The third kappa shape index (κ3) is 5.06. The zero-order chi connectivity index (χ0) is 24.6. The molecule has 1 aromatic carbocycles. The Morgan fingerprint density at radius 3 is 2.06 bits per heavy atom. The van der Waals surface area contributed by atoms with Crippen LogP contribution >= 0.6 is 0 Å². The number of ether oxygens (including phenoxy) is 4. The number of aliphatic hydroxyl groups excluding tert-OH is 6. The van der Waals surface area contributed by atoms with Crippen molar-refractivity contribution in [1.82, 2.24) is 0 Å². The highest BCUT2D eigenvalue weighted by molar-refractivity contribution is 5.99. The summed E-state index contributed by atoms with van der Waals surface area (Å²) in [4.78, 5) is 11.6. The fourth-order valence-corrected chi connectivity index (χ4v) is 3.73. The molecule has 2 fully saturated rings. The summed E-state index contributed by atoms with van der Waals surface area (Å²) in [7, 11) is 0. The summed E-state index contributed by atoms with van der Waals surface area (Å²) < 4.78 is 21.9. The lowest BCUT2D eigenvalue weighted by Gasteiger charge is -2.45. The zero-order valence-electron chi connectivity index (χ0n) is 17.8. The van der Waals surface area contributed by atoms with Crippen molar-refractivity contribution in [3.05, 3.63) is 17.7 Å². The van der Waals surface area contributed by atoms with Crippen LogP contribution in [0.25, 0.3) is 0 Å². The number of Topliss-reactive ketones (excluding diaryl/α,β-unsaturated/α-hetero) is 1. The Kier molecular flexibility index (Phi) is 7.78. The molecule has 0 spiro atoms. The van der Waals surface area contributed by atoms with E-state index < -0.39 is 85.3 Å². The van der Waals surface area contributed by atoms with Crippen LogP contribution in [0.3, 0.4) is 0 Å². The van der Waals surface area contributed by atoms with Gasteiger partial charge < -0.3 is 59.8 Å². The number of aromatic hydroxyl groups is 2. The number of hydrogen-bond acceptors (Lipinski definition) is 13. The van der Waals surface area contributed by atoms with Gasteiger partial charge in [0.25, 0.3) is 0 Å². The van der Waals surface area contributed by atoms with E-state index in [4.69, 9.17) is 18.9 Å². The molecule has 3 rings (SSSR count). The first-order valence-electron chi connectivity index (χ1n) is 10.2. The van der Waals surface area contributed by atoms with E-state index in [9.17, 15) is 45.6 Å². The van der Waals surface area contributed by atoms with E-state index >= 15 is 0 Å². The van der Waals surface area contributed by atoms with Crippen LogP contribution in [0, 0.1) is 0 Å². The Hall–Kier alpha value is -2.07. The zero-order valence-corrected chi connectivity index (χ0v) is 17.8. The molecule has 0 bridgehead atoms. The van der Waals surface area contributed by atoms with E-state index in [1.807, 2.05) is 0 Å². The van der Waals surface area contributed by atoms with Crippen molar-refractivity contribution < 1.29 is 64.6 Å². The summed E-state index contributed by atoms with van der Waals surface area (Å²) in [6, 6.07) is 1.99. The van der Waals surface area contributed by atoms with Crippen LogP contribution in [0.2, 0.25) is 0 Å². The van der Waals surface area contributed by atoms with Gasteiger partial charge in [0.1, 0.15) is 59.4 Å². The molecule has 13 nitrogen and oxygen atoms in total. The van der Waals surface area contributed by atoms with Gasteiger partial charge in [-0.1, -0.05) is 0 Å². The molecule has 33 heavy (non-hydrogen) atoms. The van der Waals surface area contributed by atoms with Gasteiger partial charge in [-0.15, -0.1) is 0 Å². The minimum absolute atomic E-state index is 0.220. The van der Waals surface area contributed by atoms with Gasteiger partial charge in [-0.05, 0) is 13.8 Å². The van der Waals surface area contributed by atoms with Crippen LogP contribution in [-0.2, 0) is 14.2 Å². The maximum atomic E-state index is 11.6. The lowest BCUT2D eigenvalue weighted by molar-refractivity contribution is -0.354. The van der Waals surface area contributed by atoms with Gasteiger partial charge in [-0.25, -0.2) is 0 Å². The molecular weight excluding hydrogens is 448 g/mol. The first-order valence-corrected chi connectivity index (χ1v) is 10.2. The lowest BCUT2D eigenvalue weighted by Crippen LogP contribution is -2.64. The van der Waals surface area contributed by atoms with E-state index in [0.717, 1.165) is 19.1 Å². The number of phenols is 2. The topological polar surface area (TPSA) is 216 Å². The monoisotopic (exact) mass is 476 g/mol. The molecule has 8 N–H and O–H groups in total. The highest BCUT2D eigenvalue weighted by Gasteiger charge is 2.50. The molecule has 0 saturated carbocycles. The van der Waals surface area contributed by atoms with Crippen molar-refractivity contribution in [2.45, 2.75) is 75.3 Å². The van der Waals surface area contributed by atoms with Crippen LogP contribution in [0.5, 0.6) is 17.2 Å². The first-order chi connectivity index (χ1) is 15.5. The van der Waals surface area contributed by atoms with Crippen molar-refractivity contribution >= 4 is 5.78 Å². The minimum atomic E-state index is -1.74. The Labute approximate surface area is 187 Å². The quantitative estimate of drug-likeness (QED) is 0.197. The SMILES string of the molecule is CC(=O)c1c(O)cc(O[C@H]2O[C@@H](CO)[C@H](O)[C@@H](O)[C@@H]2O[C@@H]2O[C@H](C)[C@H](O)[C@@H](O)[C@@H]2O)cc1O. The third-order valence-electron chi connectivity index (χ3n) is 5.60. The number of aliphatic hydroxyl groups is 6.